The summed E-state index contributed by atoms with van der Waals surface area (Å²) in [5.74, 6) is 0. The van der Waals surface area contributed by atoms with Gasteiger partial charge in [0.25, 0.3) is 0 Å². The number of amides is 2. The van der Waals surface area contributed by atoms with Crippen LogP contribution in [0.3, 0.4) is 0 Å². The molecule has 130 valence electrons. The van der Waals surface area contributed by atoms with E-state index in [4.69, 9.17) is 4.74 Å². The van der Waals surface area contributed by atoms with Crippen LogP contribution in [0, 0.1) is 5.41 Å². The highest BCUT2D eigenvalue weighted by molar-refractivity contribution is 7.13. The molecule has 1 unspecified atom stereocenters. The number of hydrogen-bond acceptors (Lipinski definition) is 5. The Bertz CT molecular complexity index is 479. The zero-order valence-corrected chi connectivity index (χ0v) is 15.3. The quantitative estimate of drug-likeness (QED) is 0.864. The van der Waals surface area contributed by atoms with Crippen LogP contribution in [0.25, 0.3) is 0 Å². The summed E-state index contributed by atoms with van der Waals surface area (Å²) in [7, 11) is 1.68. The van der Waals surface area contributed by atoms with E-state index < -0.39 is 0 Å². The monoisotopic (exact) mass is 340 g/mol. The molecule has 6 nitrogen and oxygen atoms in total. The molecule has 1 fully saturated rings. The number of carbonyl (C=O) groups is 1. The van der Waals surface area contributed by atoms with Gasteiger partial charge in [-0.15, -0.1) is 11.3 Å². The largest absolute Gasteiger partial charge is 0.379 e. The summed E-state index contributed by atoms with van der Waals surface area (Å²) in [5, 5.41) is 9.06. The van der Waals surface area contributed by atoms with Crippen molar-refractivity contribution in [2.45, 2.75) is 45.8 Å². The Balaban J connectivity index is 1.70. The number of ether oxygens (including phenoxy) is 1. The van der Waals surface area contributed by atoms with Crippen LogP contribution in [-0.4, -0.2) is 49.9 Å². The third-order valence-electron chi connectivity index (χ3n) is 4.22. The number of nitrogens with one attached hydrogen (secondary N) is 2. The lowest BCUT2D eigenvalue weighted by atomic mass is 9.89. The molecule has 1 atom stereocenters. The van der Waals surface area contributed by atoms with Crippen molar-refractivity contribution < 1.29 is 9.53 Å². The van der Waals surface area contributed by atoms with Crippen molar-refractivity contribution in [2.24, 2.45) is 5.41 Å². The van der Waals surface area contributed by atoms with Crippen LogP contribution in [-0.2, 0) is 4.74 Å². The minimum atomic E-state index is -0.107. The number of hydrogen-bond donors (Lipinski definition) is 2. The third kappa shape index (κ3) is 5.35. The molecule has 1 aromatic heterocycles. The van der Waals surface area contributed by atoms with Gasteiger partial charge in [0.05, 0.1) is 6.10 Å². The summed E-state index contributed by atoms with van der Waals surface area (Å²) in [4.78, 5) is 18.7. The van der Waals surface area contributed by atoms with Gasteiger partial charge in [-0.05, 0) is 18.3 Å². The lowest BCUT2D eigenvalue weighted by Crippen LogP contribution is -2.50. The summed E-state index contributed by atoms with van der Waals surface area (Å²) < 4.78 is 5.46. The first-order valence-corrected chi connectivity index (χ1v) is 8.99. The van der Waals surface area contributed by atoms with Crippen molar-refractivity contribution in [1.29, 1.82) is 0 Å². The second-order valence-corrected chi connectivity index (χ2v) is 7.89. The van der Waals surface area contributed by atoms with E-state index >= 15 is 0 Å². The second kappa shape index (κ2) is 7.97. The summed E-state index contributed by atoms with van der Waals surface area (Å²) in [5.41, 5.74) is 0.00107. The maximum absolute atomic E-state index is 12.1. The summed E-state index contributed by atoms with van der Waals surface area (Å²) in [6.07, 6.45) is 3.72. The molecule has 7 heteroatoms. The number of urea groups is 1. The van der Waals surface area contributed by atoms with Crippen molar-refractivity contribution in [1.82, 2.24) is 15.6 Å². The smallest absolute Gasteiger partial charge is 0.315 e. The highest BCUT2D eigenvalue weighted by atomic mass is 32.1. The Morgan fingerprint density at radius 2 is 2.17 bits per heavy atom. The molecule has 2 heterocycles. The Kier molecular flexibility index (Phi) is 6.24. The van der Waals surface area contributed by atoms with Crippen molar-refractivity contribution in [3.05, 3.63) is 11.6 Å². The van der Waals surface area contributed by atoms with Crippen LogP contribution in [0.1, 0.15) is 33.6 Å². The van der Waals surface area contributed by atoms with E-state index in [2.05, 4.69) is 41.3 Å². The zero-order valence-electron chi connectivity index (χ0n) is 14.5. The number of anilines is 1. The second-order valence-electron chi connectivity index (χ2n) is 7.02. The SMILES string of the molecule is COC(CNC(=O)NC1CCN(c2nccs2)CC1)C(C)(C)C. The molecule has 0 aliphatic carbocycles. The highest BCUT2D eigenvalue weighted by Gasteiger charge is 2.26. The molecule has 0 saturated carbocycles. The number of rotatable bonds is 5. The van der Waals surface area contributed by atoms with Gasteiger partial charge < -0.3 is 20.3 Å². The van der Waals surface area contributed by atoms with Crippen LogP contribution in [0.2, 0.25) is 0 Å². The average molecular weight is 340 g/mol. The van der Waals surface area contributed by atoms with Gasteiger partial charge in [-0.3, -0.25) is 0 Å². The molecule has 0 radical (unpaired) electrons. The molecule has 1 aliphatic rings. The van der Waals surface area contributed by atoms with Gasteiger partial charge in [0.15, 0.2) is 5.13 Å². The fourth-order valence-corrected chi connectivity index (χ4v) is 3.45. The molecule has 0 spiro atoms. The Morgan fingerprint density at radius 1 is 1.48 bits per heavy atom. The Morgan fingerprint density at radius 3 is 2.70 bits per heavy atom. The molecule has 0 aromatic carbocycles. The summed E-state index contributed by atoms with van der Waals surface area (Å²) in [6.45, 7) is 8.70. The van der Waals surface area contributed by atoms with Gasteiger partial charge in [-0.25, -0.2) is 9.78 Å². The minimum absolute atomic E-state index is 0.000000305. The van der Waals surface area contributed by atoms with Crippen molar-refractivity contribution in [2.75, 3.05) is 31.6 Å². The van der Waals surface area contributed by atoms with E-state index in [1.54, 1.807) is 18.4 Å². The molecule has 2 rings (SSSR count). The Hall–Kier alpha value is -1.34. The first-order valence-electron chi connectivity index (χ1n) is 8.11. The van der Waals surface area contributed by atoms with E-state index in [1.165, 1.54) is 0 Å². The van der Waals surface area contributed by atoms with Crippen LogP contribution < -0.4 is 15.5 Å². The topological polar surface area (TPSA) is 66.5 Å². The van der Waals surface area contributed by atoms with Gasteiger partial charge in [0.2, 0.25) is 0 Å². The standard InChI is InChI=1S/C16H28N4O2S/c1-16(2,3)13(22-4)11-18-14(21)19-12-5-8-20(9-6-12)15-17-7-10-23-15/h7,10,12-13H,5-6,8-9,11H2,1-4H3,(H2,18,19,21). The third-order valence-corrected chi connectivity index (χ3v) is 5.05. The van der Waals surface area contributed by atoms with Crippen LogP contribution >= 0.6 is 11.3 Å². The molecular weight excluding hydrogens is 312 g/mol. The molecule has 23 heavy (non-hydrogen) atoms. The van der Waals surface area contributed by atoms with E-state index in [1.807, 2.05) is 11.6 Å². The normalized spacial score (nSPS) is 17.8. The van der Waals surface area contributed by atoms with E-state index in [-0.39, 0.29) is 23.6 Å². The highest BCUT2D eigenvalue weighted by Crippen LogP contribution is 2.22. The van der Waals surface area contributed by atoms with Gasteiger partial charge in [-0.1, -0.05) is 20.8 Å². The average Bonchev–Trinajstić information content (AvgIpc) is 3.01. The number of carbonyl (C=O) groups excluding carboxylic acids is 1. The van der Waals surface area contributed by atoms with Gasteiger partial charge in [0.1, 0.15) is 0 Å². The first-order chi connectivity index (χ1) is 10.9. The lowest BCUT2D eigenvalue weighted by molar-refractivity contribution is 0.0193. The molecule has 1 aliphatic heterocycles. The minimum Gasteiger partial charge on any atom is -0.379 e. The lowest BCUT2D eigenvalue weighted by Gasteiger charge is -2.33. The van der Waals surface area contributed by atoms with Crippen molar-refractivity contribution >= 4 is 22.5 Å². The maximum atomic E-state index is 12.1. The van der Waals surface area contributed by atoms with Crippen LogP contribution in [0.15, 0.2) is 11.6 Å². The van der Waals surface area contributed by atoms with Crippen LogP contribution in [0.4, 0.5) is 9.93 Å². The summed E-state index contributed by atoms with van der Waals surface area (Å²) in [6, 6.07) is 0.117. The molecule has 2 amide bonds. The van der Waals surface area contributed by atoms with Crippen molar-refractivity contribution in [3.63, 3.8) is 0 Å². The fourth-order valence-electron chi connectivity index (χ4n) is 2.75. The van der Waals surface area contributed by atoms with Crippen LogP contribution in [0.5, 0.6) is 0 Å². The molecule has 1 saturated heterocycles. The van der Waals surface area contributed by atoms with Gasteiger partial charge in [-0.2, -0.15) is 0 Å². The number of thiazole rings is 1. The first kappa shape index (κ1) is 18.0. The molecular formula is C16H28N4O2S. The molecule has 2 N–H and O–H groups in total. The number of aromatic nitrogens is 1. The van der Waals surface area contributed by atoms with Crippen molar-refractivity contribution in [3.8, 4) is 0 Å². The maximum Gasteiger partial charge on any atom is 0.315 e. The summed E-state index contributed by atoms with van der Waals surface area (Å²) >= 11 is 1.66. The number of nitrogens with zero attached hydrogens (tertiary/aromatic N) is 2. The molecule has 1 aromatic rings. The van der Waals surface area contributed by atoms with Gasteiger partial charge >= 0.3 is 6.03 Å². The van der Waals surface area contributed by atoms with E-state index in [0.717, 1.165) is 31.1 Å². The molecule has 0 bridgehead atoms. The Labute approximate surface area is 142 Å². The van der Waals surface area contributed by atoms with Gasteiger partial charge in [0, 0.05) is 44.4 Å². The predicted molar refractivity (Wildman–Crippen MR) is 94.1 cm³/mol. The fraction of sp³-hybridized carbons (Fsp3) is 0.750. The van der Waals surface area contributed by atoms with E-state index in [0.29, 0.717) is 6.54 Å². The predicted octanol–water partition coefficient (Wildman–Crippen LogP) is 2.47. The van der Waals surface area contributed by atoms with E-state index in [9.17, 15) is 4.79 Å². The number of piperidine rings is 1. The number of methoxy groups -OCH3 is 1. The zero-order chi connectivity index (χ0) is 16.9.